The number of rotatable bonds is 3. The first-order chi connectivity index (χ1) is 10.3. The van der Waals surface area contributed by atoms with Crippen LogP contribution in [0.5, 0.6) is 11.5 Å². The maximum absolute atomic E-state index is 5.61. The lowest BCUT2D eigenvalue weighted by Gasteiger charge is -2.43. The summed E-state index contributed by atoms with van der Waals surface area (Å²) in [5.41, 5.74) is 3.24. The molecule has 5 nitrogen and oxygen atoms in total. The van der Waals surface area contributed by atoms with E-state index in [2.05, 4.69) is 16.1 Å². The minimum Gasteiger partial charge on any atom is -0.493 e. The third kappa shape index (κ3) is 2.86. The molecular formula is C16H22ClN3O2. The van der Waals surface area contributed by atoms with Gasteiger partial charge in [-0.1, -0.05) is 6.07 Å². The first-order valence-electron chi connectivity index (χ1n) is 7.23. The zero-order valence-corrected chi connectivity index (χ0v) is 13.7. The molecule has 3 aliphatic rings. The number of benzene rings is 1. The molecule has 0 spiro atoms. The average molecular weight is 324 g/mol. The normalized spacial score (nSPS) is 21.1. The molecule has 3 fully saturated rings. The summed E-state index contributed by atoms with van der Waals surface area (Å²) in [6.07, 6.45) is 4.44. The SMILES string of the molecule is COc1ccc(C=C2C(=NN)C3CCN2CC3)cc1OC.Cl. The van der Waals surface area contributed by atoms with E-state index in [1.165, 1.54) is 0 Å². The summed E-state index contributed by atoms with van der Waals surface area (Å²) in [6.45, 7) is 2.17. The Labute approximate surface area is 137 Å². The molecule has 0 atom stereocenters. The summed E-state index contributed by atoms with van der Waals surface area (Å²) in [6, 6.07) is 5.91. The Bertz CT molecular complexity index is 593. The minimum absolute atomic E-state index is 0. The van der Waals surface area contributed by atoms with Crippen LogP contribution in [0.2, 0.25) is 0 Å². The predicted molar refractivity (Wildman–Crippen MR) is 90.7 cm³/mol. The molecule has 2 bridgehead atoms. The van der Waals surface area contributed by atoms with Crippen molar-refractivity contribution >= 4 is 24.2 Å². The van der Waals surface area contributed by atoms with Crippen molar-refractivity contribution in [1.29, 1.82) is 0 Å². The Hall–Kier alpha value is -1.88. The number of allylic oxidation sites excluding steroid dienone is 1. The molecule has 1 aromatic carbocycles. The molecular weight excluding hydrogens is 302 g/mol. The van der Waals surface area contributed by atoms with Crippen LogP contribution in [-0.4, -0.2) is 37.9 Å². The van der Waals surface area contributed by atoms with Crippen molar-refractivity contribution in [1.82, 2.24) is 4.90 Å². The van der Waals surface area contributed by atoms with E-state index < -0.39 is 0 Å². The lowest BCUT2D eigenvalue weighted by Crippen LogP contribution is -2.46. The van der Waals surface area contributed by atoms with Crippen LogP contribution in [0.15, 0.2) is 29.0 Å². The highest BCUT2D eigenvalue weighted by Gasteiger charge is 2.34. The lowest BCUT2D eigenvalue weighted by molar-refractivity contribution is 0.242. The zero-order chi connectivity index (χ0) is 14.8. The zero-order valence-electron chi connectivity index (χ0n) is 12.9. The highest BCUT2D eigenvalue weighted by Crippen LogP contribution is 2.34. The number of halogens is 1. The number of hydrogen-bond acceptors (Lipinski definition) is 5. The summed E-state index contributed by atoms with van der Waals surface area (Å²) in [7, 11) is 3.29. The molecule has 0 radical (unpaired) electrons. The fraction of sp³-hybridized carbons (Fsp3) is 0.438. The van der Waals surface area contributed by atoms with Crippen LogP contribution < -0.4 is 15.3 Å². The maximum atomic E-state index is 5.61. The molecule has 0 aliphatic carbocycles. The molecule has 0 aromatic heterocycles. The lowest BCUT2D eigenvalue weighted by atomic mass is 9.83. The molecule has 120 valence electrons. The Kier molecular flexibility index (Phi) is 5.19. The van der Waals surface area contributed by atoms with Crippen molar-refractivity contribution < 1.29 is 9.47 Å². The van der Waals surface area contributed by atoms with Gasteiger partial charge in [-0.3, -0.25) is 0 Å². The largest absolute Gasteiger partial charge is 0.493 e. The van der Waals surface area contributed by atoms with Crippen molar-refractivity contribution in [3.63, 3.8) is 0 Å². The van der Waals surface area contributed by atoms with Gasteiger partial charge in [0.25, 0.3) is 0 Å². The van der Waals surface area contributed by atoms with Crippen molar-refractivity contribution in [2.45, 2.75) is 12.8 Å². The number of hydrogen-bond donors (Lipinski definition) is 1. The van der Waals surface area contributed by atoms with Gasteiger partial charge >= 0.3 is 0 Å². The molecule has 0 unspecified atom stereocenters. The Morgan fingerprint density at radius 2 is 1.86 bits per heavy atom. The van der Waals surface area contributed by atoms with Gasteiger partial charge in [0.2, 0.25) is 0 Å². The van der Waals surface area contributed by atoms with E-state index in [1.54, 1.807) is 14.2 Å². The van der Waals surface area contributed by atoms with Gasteiger partial charge in [0.15, 0.2) is 11.5 Å². The van der Waals surface area contributed by atoms with E-state index in [4.69, 9.17) is 15.3 Å². The summed E-state index contributed by atoms with van der Waals surface area (Å²) in [5.74, 6) is 7.58. The van der Waals surface area contributed by atoms with Gasteiger partial charge in [0, 0.05) is 19.0 Å². The second-order valence-corrected chi connectivity index (χ2v) is 5.42. The Morgan fingerprint density at radius 1 is 1.18 bits per heavy atom. The van der Waals surface area contributed by atoms with Crippen molar-refractivity contribution in [2.24, 2.45) is 16.9 Å². The van der Waals surface area contributed by atoms with Crippen molar-refractivity contribution in [3.8, 4) is 11.5 Å². The molecule has 1 aromatic rings. The number of hydrazone groups is 1. The monoisotopic (exact) mass is 323 g/mol. The fourth-order valence-electron chi connectivity index (χ4n) is 3.20. The summed E-state index contributed by atoms with van der Waals surface area (Å²) >= 11 is 0. The molecule has 4 rings (SSSR count). The first kappa shape index (κ1) is 16.5. The number of piperidine rings is 3. The van der Waals surface area contributed by atoms with Gasteiger partial charge in [0.05, 0.1) is 25.6 Å². The smallest absolute Gasteiger partial charge is 0.161 e. The summed E-state index contributed by atoms with van der Waals surface area (Å²) < 4.78 is 10.6. The number of nitrogens with zero attached hydrogens (tertiary/aromatic N) is 2. The third-order valence-corrected chi connectivity index (χ3v) is 4.33. The van der Waals surface area contributed by atoms with Gasteiger partial charge in [-0.15, -0.1) is 12.4 Å². The van der Waals surface area contributed by atoms with Crippen LogP contribution in [0.4, 0.5) is 0 Å². The topological polar surface area (TPSA) is 60.1 Å². The maximum Gasteiger partial charge on any atom is 0.161 e. The van der Waals surface area contributed by atoms with E-state index in [0.29, 0.717) is 5.92 Å². The highest BCUT2D eigenvalue weighted by molar-refractivity contribution is 6.05. The Balaban J connectivity index is 0.00000176. The van der Waals surface area contributed by atoms with E-state index in [9.17, 15) is 0 Å². The van der Waals surface area contributed by atoms with Crippen molar-refractivity contribution in [3.05, 3.63) is 29.5 Å². The molecule has 6 heteroatoms. The Morgan fingerprint density at radius 3 is 2.45 bits per heavy atom. The van der Waals surface area contributed by atoms with Crippen LogP contribution in [0.3, 0.4) is 0 Å². The number of methoxy groups -OCH3 is 2. The first-order valence-corrected chi connectivity index (χ1v) is 7.23. The number of nitrogens with two attached hydrogens (primary N) is 1. The van der Waals surface area contributed by atoms with Crippen LogP contribution in [0, 0.1) is 5.92 Å². The molecule has 3 heterocycles. The van der Waals surface area contributed by atoms with Crippen LogP contribution in [0.25, 0.3) is 6.08 Å². The highest BCUT2D eigenvalue weighted by atomic mass is 35.5. The van der Waals surface area contributed by atoms with E-state index in [1.807, 2.05) is 18.2 Å². The molecule has 0 saturated carbocycles. The van der Waals surface area contributed by atoms with Gasteiger partial charge in [0.1, 0.15) is 0 Å². The van der Waals surface area contributed by atoms with Gasteiger partial charge < -0.3 is 20.2 Å². The molecule has 3 aliphatic heterocycles. The van der Waals surface area contributed by atoms with E-state index in [0.717, 1.165) is 54.4 Å². The quantitative estimate of drug-likeness (QED) is 0.686. The van der Waals surface area contributed by atoms with Crippen LogP contribution in [-0.2, 0) is 0 Å². The summed E-state index contributed by atoms with van der Waals surface area (Å²) in [5, 5.41) is 4.03. The summed E-state index contributed by atoms with van der Waals surface area (Å²) in [4.78, 5) is 2.36. The second kappa shape index (κ2) is 6.92. The van der Waals surface area contributed by atoms with Gasteiger partial charge in [-0.2, -0.15) is 5.10 Å². The third-order valence-electron chi connectivity index (χ3n) is 4.33. The number of ether oxygens (including phenoxy) is 2. The second-order valence-electron chi connectivity index (χ2n) is 5.42. The van der Waals surface area contributed by atoms with E-state index in [-0.39, 0.29) is 12.4 Å². The van der Waals surface area contributed by atoms with Gasteiger partial charge in [-0.05, 0) is 36.6 Å². The molecule has 3 saturated heterocycles. The van der Waals surface area contributed by atoms with Crippen molar-refractivity contribution in [2.75, 3.05) is 27.3 Å². The number of fused-ring (bicyclic) bond motifs is 3. The van der Waals surface area contributed by atoms with Crippen LogP contribution in [0.1, 0.15) is 18.4 Å². The molecule has 0 amide bonds. The predicted octanol–water partition coefficient (Wildman–Crippen LogP) is 2.51. The van der Waals surface area contributed by atoms with E-state index >= 15 is 0 Å². The standard InChI is InChI=1S/C16H21N3O2.ClH/c1-20-14-4-3-11(10-15(14)21-2)9-13-16(18-17)12-5-7-19(13)8-6-12;/h3-4,9-10,12H,5-8,17H2,1-2H3;1H. The minimum atomic E-state index is 0. The fourth-order valence-corrected chi connectivity index (χ4v) is 3.20. The van der Waals surface area contributed by atoms with Crippen LogP contribution >= 0.6 is 12.4 Å². The molecule has 2 N–H and O–H groups in total. The molecule has 22 heavy (non-hydrogen) atoms. The average Bonchev–Trinajstić information content (AvgIpc) is 2.55. The van der Waals surface area contributed by atoms with Gasteiger partial charge in [-0.25, -0.2) is 0 Å².